The zero-order valence-corrected chi connectivity index (χ0v) is 11.1. The van der Waals surface area contributed by atoms with Crippen molar-refractivity contribution < 1.29 is 0 Å². The lowest BCUT2D eigenvalue weighted by atomic mass is 9.77. The third kappa shape index (κ3) is 1.11. The molecule has 86 valence electrons. The average molecular weight is 214 g/mol. The molecule has 0 heteroatoms. The number of hydrogen-bond donors (Lipinski definition) is 0. The first-order valence-electron chi connectivity index (χ1n) is 6.47. The maximum absolute atomic E-state index is 2.42. The average Bonchev–Trinajstić information content (AvgIpc) is 2.50. The van der Waals surface area contributed by atoms with Crippen molar-refractivity contribution in [1.29, 1.82) is 0 Å². The molecule has 0 nitrogen and oxygen atoms in total. The van der Waals surface area contributed by atoms with E-state index in [4.69, 9.17) is 0 Å². The van der Waals surface area contributed by atoms with E-state index in [0.29, 0.717) is 10.8 Å². The van der Waals surface area contributed by atoms with Gasteiger partial charge in [0.05, 0.1) is 0 Å². The number of rotatable bonds is 0. The molecule has 1 aromatic carbocycles. The molecule has 0 radical (unpaired) electrons. The van der Waals surface area contributed by atoms with Crippen LogP contribution in [0, 0.1) is 6.92 Å². The molecule has 2 aliphatic rings. The van der Waals surface area contributed by atoms with Crippen molar-refractivity contribution >= 4 is 0 Å². The van der Waals surface area contributed by atoms with Gasteiger partial charge in [-0.15, -0.1) is 0 Å². The summed E-state index contributed by atoms with van der Waals surface area (Å²) >= 11 is 0. The minimum absolute atomic E-state index is 0.399. The Morgan fingerprint density at radius 1 is 1.00 bits per heavy atom. The molecule has 2 aliphatic carbocycles. The van der Waals surface area contributed by atoms with Crippen LogP contribution >= 0.6 is 0 Å². The summed E-state index contributed by atoms with van der Waals surface area (Å²) in [4.78, 5) is 0. The Kier molecular flexibility index (Phi) is 1.77. The van der Waals surface area contributed by atoms with E-state index in [-0.39, 0.29) is 0 Å². The van der Waals surface area contributed by atoms with E-state index in [1.54, 1.807) is 16.7 Å². The minimum atomic E-state index is 0.399. The molecule has 0 saturated carbocycles. The van der Waals surface area contributed by atoms with Gasteiger partial charge in [-0.1, -0.05) is 39.8 Å². The van der Waals surface area contributed by atoms with Crippen LogP contribution in [0.1, 0.15) is 68.7 Å². The van der Waals surface area contributed by atoms with Crippen LogP contribution in [-0.2, 0) is 10.8 Å². The van der Waals surface area contributed by atoms with Gasteiger partial charge in [0.25, 0.3) is 0 Å². The lowest BCUT2D eigenvalue weighted by Crippen LogP contribution is -2.19. The molecule has 0 saturated heterocycles. The zero-order valence-electron chi connectivity index (χ0n) is 11.1. The molecule has 0 spiro atoms. The van der Waals surface area contributed by atoms with E-state index in [2.05, 4.69) is 46.8 Å². The molecule has 0 aromatic heterocycles. The first-order valence-corrected chi connectivity index (χ1v) is 6.47. The van der Waals surface area contributed by atoms with Gasteiger partial charge in [0.1, 0.15) is 0 Å². The van der Waals surface area contributed by atoms with Gasteiger partial charge in [-0.3, -0.25) is 0 Å². The van der Waals surface area contributed by atoms with Crippen molar-refractivity contribution in [3.8, 4) is 0 Å². The summed E-state index contributed by atoms with van der Waals surface area (Å²) in [5.74, 6) is 0.829. The SMILES string of the molecule is Cc1ccc2c3c1C(C)(C)CC3CC2(C)C. The molecule has 0 fully saturated rings. The van der Waals surface area contributed by atoms with E-state index in [0.717, 1.165) is 5.92 Å². The highest BCUT2D eigenvalue weighted by atomic mass is 14.5. The Balaban J connectivity index is 2.34. The van der Waals surface area contributed by atoms with Crippen LogP contribution in [0.3, 0.4) is 0 Å². The van der Waals surface area contributed by atoms with E-state index >= 15 is 0 Å². The van der Waals surface area contributed by atoms with Gasteiger partial charge in [-0.25, -0.2) is 0 Å². The van der Waals surface area contributed by atoms with Crippen LogP contribution in [-0.4, -0.2) is 0 Å². The van der Waals surface area contributed by atoms with Crippen molar-refractivity contribution in [2.45, 2.75) is 64.2 Å². The van der Waals surface area contributed by atoms with Crippen molar-refractivity contribution in [1.82, 2.24) is 0 Å². The highest BCUT2D eigenvalue weighted by molar-refractivity contribution is 5.56. The van der Waals surface area contributed by atoms with E-state index < -0.39 is 0 Å². The fourth-order valence-corrected chi connectivity index (χ4v) is 4.36. The molecule has 16 heavy (non-hydrogen) atoms. The molecule has 1 atom stereocenters. The smallest absolute Gasteiger partial charge is 0.00922 e. The first-order chi connectivity index (χ1) is 7.33. The number of benzene rings is 1. The summed E-state index contributed by atoms with van der Waals surface area (Å²) in [6, 6.07) is 4.72. The molecule has 0 bridgehead atoms. The van der Waals surface area contributed by atoms with E-state index in [1.165, 1.54) is 18.4 Å². The van der Waals surface area contributed by atoms with Crippen molar-refractivity contribution in [3.63, 3.8) is 0 Å². The Labute approximate surface area is 99.1 Å². The second-order valence-electron chi connectivity index (χ2n) is 7.09. The minimum Gasteiger partial charge on any atom is -0.0587 e. The van der Waals surface area contributed by atoms with Crippen molar-refractivity contribution in [3.05, 3.63) is 34.4 Å². The Hall–Kier alpha value is -0.780. The van der Waals surface area contributed by atoms with E-state index in [1.807, 2.05) is 0 Å². The molecular weight excluding hydrogens is 192 g/mol. The zero-order chi connectivity index (χ0) is 11.7. The van der Waals surface area contributed by atoms with Crippen molar-refractivity contribution in [2.75, 3.05) is 0 Å². The van der Waals surface area contributed by atoms with Crippen LogP contribution in [0.25, 0.3) is 0 Å². The monoisotopic (exact) mass is 214 g/mol. The second-order valence-corrected chi connectivity index (χ2v) is 7.09. The standard InChI is InChI=1S/C16H22/c1-10-6-7-12-13-11(8-15(12,2)3)9-16(4,5)14(10)13/h6-7,11H,8-9H2,1-5H3. The van der Waals surface area contributed by atoms with Gasteiger partial charge in [0.2, 0.25) is 0 Å². The largest absolute Gasteiger partial charge is 0.0587 e. The van der Waals surface area contributed by atoms with Crippen molar-refractivity contribution in [2.24, 2.45) is 0 Å². The quantitative estimate of drug-likeness (QED) is 0.599. The summed E-state index contributed by atoms with van der Waals surface area (Å²) in [5.41, 5.74) is 7.32. The van der Waals surface area contributed by atoms with Crippen LogP contribution < -0.4 is 0 Å². The normalized spacial score (nSPS) is 28.2. The van der Waals surface area contributed by atoms with Gasteiger partial charge in [-0.2, -0.15) is 0 Å². The molecule has 1 aromatic rings. The predicted octanol–water partition coefficient (Wildman–Crippen LogP) is 4.44. The Bertz CT molecular complexity index is 463. The molecule has 0 heterocycles. The molecular formula is C16H22. The maximum Gasteiger partial charge on any atom is -0.00922 e. The lowest BCUT2D eigenvalue weighted by molar-refractivity contribution is 0.408. The molecule has 0 aliphatic heterocycles. The third-order valence-corrected chi connectivity index (χ3v) is 4.78. The fraction of sp³-hybridized carbons (Fsp3) is 0.625. The molecule has 0 N–H and O–H groups in total. The predicted molar refractivity (Wildman–Crippen MR) is 69.2 cm³/mol. The summed E-state index contributed by atoms with van der Waals surface area (Å²) in [6.07, 6.45) is 2.70. The van der Waals surface area contributed by atoms with E-state index in [9.17, 15) is 0 Å². The lowest BCUT2D eigenvalue weighted by Gasteiger charge is -2.27. The summed E-state index contributed by atoms with van der Waals surface area (Å²) < 4.78 is 0. The number of aryl methyl sites for hydroxylation is 1. The molecule has 0 amide bonds. The van der Waals surface area contributed by atoms with Gasteiger partial charge in [0.15, 0.2) is 0 Å². The summed E-state index contributed by atoms with van der Waals surface area (Å²) in [6.45, 7) is 11.9. The van der Waals surface area contributed by atoms with Gasteiger partial charge < -0.3 is 0 Å². The highest BCUT2D eigenvalue weighted by Gasteiger charge is 2.47. The third-order valence-electron chi connectivity index (χ3n) is 4.78. The molecule has 1 unspecified atom stereocenters. The summed E-state index contributed by atoms with van der Waals surface area (Å²) in [5, 5.41) is 0. The Morgan fingerprint density at radius 3 is 2.31 bits per heavy atom. The summed E-state index contributed by atoms with van der Waals surface area (Å²) in [7, 11) is 0. The first kappa shape index (κ1) is 10.4. The van der Waals surface area contributed by atoms with Crippen LogP contribution in [0.5, 0.6) is 0 Å². The Morgan fingerprint density at radius 2 is 1.62 bits per heavy atom. The molecule has 3 rings (SSSR count). The second kappa shape index (κ2) is 2.72. The maximum atomic E-state index is 2.42. The highest BCUT2D eigenvalue weighted by Crippen LogP contribution is 2.58. The fourth-order valence-electron chi connectivity index (χ4n) is 4.36. The van der Waals surface area contributed by atoms with Crippen LogP contribution in [0.2, 0.25) is 0 Å². The van der Waals surface area contributed by atoms with Gasteiger partial charge in [0, 0.05) is 0 Å². The topological polar surface area (TPSA) is 0 Å². The van der Waals surface area contributed by atoms with Gasteiger partial charge in [-0.05, 0) is 58.8 Å². The van der Waals surface area contributed by atoms with Gasteiger partial charge >= 0.3 is 0 Å². The van der Waals surface area contributed by atoms with Crippen LogP contribution in [0.4, 0.5) is 0 Å². The van der Waals surface area contributed by atoms with Crippen LogP contribution in [0.15, 0.2) is 12.1 Å². The number of hydrogen-bond acceptors (Lipinski definition) is 0.